The van der Waals surface area contributed by atoms with Crippen LogP contribution in [-0.4, -0.2) is 41.0 Å². The van der Waals surface area contributed by atoms with Crippen LogP contribution in [0.4, 0.5) is 0 Å². The average molecular weight is 389 g/mol. The van der Waals surface area contributed by atoms with Crippen molar-refractivity contribution in [3.8, 4) is 0 Å². The van der Waals surface area contributed by atoms with E-state index in [2.05, 4.69) is 25.0 Å². The van der Waals surface area contributed by atoms with Crippen molar-refractivity contribution in [3.05, 3.63) is 0 Å². The molecule has 2 N–H and O–H groups in total. The van der Waals surface area contributed by atoms with Gasteiger partial charge in [0.1, 0.15) is 5.54 Å². The molecule has 0 aromatic rings. The number of carboxylic acid groups (broad SMARTS) is 1. The maximum Gasteiger partial charge on any atom is 0.326 e. The zero-order valence-electron chi connectivity index (χ0n) is 17.6. The fourth-order valence-corrected chi connectivity index (χ4v) is 3.41. The molecule has 0 bridgehead atoms. The Morgan fingerprint density at radius 1 is 0.885 bits per heavy atom. The standard InChI is InChI=1S/C21H44N2O2S/c1-4-5-6-7-8-9-10-11-12-13-14-15-16-17-18-22-23(3)21(2,19-26)20(24)25/h22,26H,4-19H2,1-3H3,(H,24,25). The molecule has 0 aromatic heterocycles. The fourth-order valence-electron chi connectivity index (χ4n) is 3.06. The van der Waals surface area contributed by atoms with E-state index >= 15 is 0 Å². The Bertz CT molecular complexity index is 342. The van der Waals surface area contributed by atoms with E-state index in [-0.39, 0.29) is 5.75 Å². The normalized spacial score (nSPS) is 13.9. The third-order valence-electron chi connectivity index (χ3n) is 5.39. The monoisotopic (exact) mass is 388 g/mol. The van der Waals surface area contributed by atoms with Gasteiger partial charge < -0.3 is 5.11 Å². The molecule has 0 saturated carbocycles. The highest BCUT2D eigenvalue weighted by Gasteiger charge is 2.36. The number of carbonyl (C=O) groups is 1. The zero-order valence-corrected chi connectivity index (χ0v) is 18.5. The molecule has 0 aliphatic carbocycles. The lowest BCUT2D eigenvalue weighted by Crippen LogP contribution is -2.57. The lowest BCUT2D eigenvalue weighted by atomic mass is 10.0. The number of rotatable bonds is 19. The maximum absolute atomic E-state index is 11.3. The van der Waals surface area contributed by atoms with E-state index in [4.69, 9.17) is 0 Å². The minimum Gasteiger partial charge on any atom is -0.480 e. The predicted molar refractivity (Wildman–Crippen MR) is 116 cm³/mol. The van der Waals surface area contributed by atoms with Crippen molar-refractivity contribution in [2.24, 2.45) is 0 Å². The van der Waals surface area contributed by atoms with Crippen LogP contribution in [0.1, 0.15) is 104 Å². The molecule has 1 atom stereocenters. The summed E-state index contributed by atoms with van der Waals surface area (Å²) in [6.45, 7) is 4.79. The van der Waals surface area contributed by atoms with Crippen LogP contribution in [0.3, 0.4) is 0 Å². The van der Waals surface area contributed by atoms with Gasteiger partial charge in [-0.1, -0.05) is 90.4 Å². The first-order valence-corrected chi connectivity index (χ1v) is 11.4. The third kappa shape index (κ3) is 12.2. The average Bonchev–Trinajstić information content (AvgIpc) is 2.63. The van der Waals surface area contributed by atoms with Crippen molar-refractivity contribution in [2.45, 2.75) is 109 Å². The number of hydrogen-bond acceptors (Lipinski definition) is 4. The summed E-state index contributed by atoms with van der Waals surface area (Å²) in [4.78, 5) is 11.3. The van der Waals surface area contributed by atoms with E-state index in [9.17, 15) is 9.90 Å². The van der Waals surface area contributed by atoms with Gasteiger partial charge in [-0.15, -0.1) is 0 Å². The van der Waals surface area contributed by atoms with Gasteiger partial charge in [0.15, 0.2) is 0 Å². The molecule has 0 radical (unpaired) electrons. The van der Waals surface area contributed by atoms with Crippen molar-refractivity contribution >= 4 is 18.6 Å². The van der Waals surface area contributed by atoms with Gasteiger partial charge >= 0.3 is 5.97 Å². The van der Waals surface area contributed by atoms with E-state index < -0.39 is 11.5 Å². The topological polar surface area (TPSA) is 52.6 Å². The largest absolute Gasteiger partial charge is 0.480 e. The predicted octanol–water partition coefficient (Wildman–Crippen LogP) is 5.68. The van der Waals surface area contributed by atoms with E-state index in [0.29, 0.717) is 0 Å². The number of hydrazine groups is 1. The highest BCUT2D eigenvalue weighted by molar-refractivity contribution is 7.80. The summed E-state index contributed by atoms with van der Waals surface area (Å²) in [5.74, 6) is -0.562. The molecular weight excluding hydrogens is 344 g/mol. The van der Waals surface area contributed by atoms with Gasteiger partial charge in [0.2, 0.25) is 0 Å². The van der Waals surface area contributed by atoms with Crippen LogP contribution in [0.2, 0.25) is 0 Å². The highest BCUT2D eigenvalue weighted by Crippen LogP contribution is 2.14. The second kappa shape index (κ2) is 16.9. The Morgan fingerprint density at radius 3 is 1.62 bits per heavy atom. The van der Waals surface area contributed by atoms with Gasteiger partial charge in [0.05, 0.1) is 0 Å². The SMILES string of the molecule is CCCCCCCCCCCCCCCCNN(C)C(C)(CS)C(=O)O. The number of nitrogens with zero attached hydrogens (tertiary/aromatic N) is 1. The molecule has 0 saturated heterocycles. The van der Waals surface area contributed by atoms with Gasteiger partial charge in [-0.25, -0.2) is 5.01 Å². The fraction of sp³-hybridized carbons (Fsp3) is 0.952. The third-order valence-corrected chi connectivity index (χ3v) is 6.00. The van der Waals surface area contributed by atoms with Crippen molar-refractivity contribution in [1.29, 1.82) is 0 Å². The van der Waals surface area contributed by atoms with Crippen LogP contribution in [0.25, 0.3) is 0 Å². The molecule has 0 rings (SSSR count). The van der Waals surface area contributed by atoms with Crippen molar-refractivity contribution in [3.63, 3.8) is 0 Å². The summed E-state index contributed by atoms with van der Waals surface area (Å²) < 4.78 is 0. The van der Waals surface area contributed by atoms with Crippen molar-refractivity contribution < 1.29 is 9.90 Å². The van der Waals surface area contributed by atoms with E-state index in [1.807, 2.05) is 0 Å². The summed E-state index contributed by atoms with van der Waals surface area (Å²) >= 11 is 4.17. The van der Waals surface area contributed by atoms with Crippen LogP contribution >= 0.6 is 12.6 Å². The molecule has 0 aliphatic heterocycles. The van der Waals surface area contributed by atoms with Crippen molar-refractivity contribution in [1.82, 2.24) is 10.4 Å². The van der Waals surface area contributed by atoms with E-state index in [0.717, 1.165) is 13.0 Å². The molecule has 0 aromatic carbocycles. The highest BCUT2D eigenvalue weighted by atomic mass is 32.1. The number of aliphatic carboxylic acids is 1. The van der Waals surface area contributed by atoms with Crippen LogP contribution < -0.4 is 5.43 Å². The smallest absolute Gasteiger partial charge is 0.326 e. The summed E-state index contributed by atoms with van der Waals surface area (Å²) in [5.41, 5.74) is 2.24. The van der Waals surface area contributed by atoms with Crippen LogP contribution in [0, 0.1) is 0 Å². The quantitative estimate of drug-likeness (QED) is 0.151. The Balaban J connectivity index is 3.38. The number of hydrogen-bond donors (Lipinski definition) is 3. The lowest BCUT2D eigenvalue weighted by molar-refractivity contribution is -0.150. The minimum absolute atomic E-state index is 0.282. The molecule has 0 spiro atoms. The first-order chi connectivity index (χ1) is 12.5. The number of nitrogens with one attached hydrogen (secondary N) is 1. The molecule has 0 aliphatic rings. The molecule has 1 unspecified atom stereocenters. The molecular formula is C21H44N2O2S. The van der Waals surface area contributed by atoms with Gasteiger partial charge in [-0.2, -0.15) is 12.6 Å². The van der Waals surface area contributed by atoms with E-state index in [1.165, 1.54) is 83.5 Å². The van der Waals surface area contributed by atoms with Gasteiger partial charge in [-0.05, 0) is 13.3 Å². The molecule has 4 nitrogen and oxygen atoms in total. The Hall–Kier alpha value is -0.260. The van der Waals surface area contributed by atoms with Crippen LogP contribution in [0.15, 0.2) is 0 Å². The van der Waals surface area contributed by atoms with Crippen LogP contribution in [-0.2, 0) is 4.79 Å². The second-order valence-corrected chi connectivity index (χ2v) is 8.12. The van der Waals surface area contributed by atoms with Crippen LogP contribution in [0.5, 0.6) is 0 Å². The zero-order chi connectivity index (χ0) is 19.7. The maximum atomic E-state index is 11.3. The van der Waals surface area contributed by atoms with E-state index in [1.54, 1.807) is 19.0 Å². The second-order valence-electron chi connectivity index (χ2n) is 7.80. The molecule has 5 heteroatoms. The lowest BCUT2D eigenvalue weighted by Gasteiger charge is -2.34. The summed E-state index contributed by atoms with van der Waals surface area (Å²) in [5, 5.41) is 11.0. The Labute approximate surface area is 167 Å². The summed E-state index contributed by atoms with van der Waals surface area (Å²) in [6, 6.07) is 0. The Kier molecular flexibility index (Phi) is 16.7. The molecule has 156 valence electrons. The number of thiol groups is 1. The van der Waals surface area contributed by atoms with Gasteiger partial charge in [0, 0.05) is 19.3 Å². The minimum atomic E-state index is -0.959. The number of carboxylic acids is 1. The Morgan fingerprint density at radius 2 is 1.27 bits per heavy atom. The summed E-state index contributed by atoms with van der Waals surface area (Å²) in [6.07, 6.45) is 18.9. The van der Waals surface area contributed by atoms with Gasteiger partial charge in [-0.3, -0.25) is 10.2 Å². The molecule has 26 heavy (non-hydrogen) atoms. The number of unbranched alkanes of at least 4 members (excludes halogenated alkanes) is 13. The first-order valence-electron chi connectivity index (χ1n) is 10.8. The summed E-state index contributed by atoms with van der Waals surface area (Å²) in [7, 11) is 1.79. The molecule has 0 heterocycles. The number of likely N-dealkylation sites (N-methyl/N-ethyl adjacent to an activating group) is 1. The van der Waals surface area contributed by atoms with Gasteiger partial charge in [0.25, 0.3) is 0 Å². The molecule has 0 amide bonds. The molecule has 0 fully saturated rings. The van der Waals surface area contributed by atoms with Crippen molar-refractivity contribution in [2.75, 3.05) is 19.3 Å². The first kappa shape index (κ1) is 25.7.